The number of amides is 1. The third kappa shape index (κ3) is 8.29. The topological polar surface area (TPSA) is 74.8 Å². The Morgan fingerprint density at radius 1 is 1.07 bits per heavy atom. The van der Waals surface area contributed by atoms with Crippen molar-refractivity contribution in [2.75, 3.05) is 26.0 Å². The number of nitrogens with zero attached hydrogens (tertiary/aromatic N) is 1. The number of benzene rings is 2. The molecule has 2 aromatic carbocycles. The smallest absolute Gasteiger partial charge is 0.221 e. The fraction of sp³-hybridized carbons (Fsp3) is 0.300. The molecular weight excluding hydrogens is 455 g/mol. The highest BCUT2D eigenvalue weighted by Crippen LogP contribution is 2.11. The Balaban J connectivity index is 0.00000364. The lowest BCUT2D eigenvalue weighted by Crippen LogP contribution is -2.37. The molecule has 7 heteroatoms. The number of anilines is 1. The molecule has 0 unspecified atom stereocenters. The molecule has 27 heavy (non-hydrogen) atoms. The van der Waals surface area contributed by atoms with Crippen molar-refractivity contribution in [2.45, 2.75) is 19.9 Å². The van der Waals surface area contributed by atoms with E-state index in [1.54, 1.807) is 14.2 Å². The van der Waals surface area contributed by atoms with Gasteiger partial charge in [-0.15, -0.1) is 24.0 Å². The van der Waals surface area contributed by atoms with Gasteiger partial charge < -0.3 is 20.7 Å². The zero-order valence-electron chi connectivity index (χ0n) is 15.9. The number of halogens is 1. The number of ether oxygens (including phenoxy) is 1. The molecule has 0 aromatic heterocycles. The van der Waals surface area contributed by atoms with Gasteiger partial charge in [-0.1, -0.05) is 24.3 Å². The van der Waals surface area contributed by atoms with Crippen molar-refractivity contribution in [3.05, 3.63) is 59.7 Å². The summed E-state index contributed by atoms with van der Waals surface area (Å²) in [6.45, 7) is 2.90. The van der Waals surface area contributed by atoms with Crippen LogP contribution in [0.5, 0.6) is 5.75 Å². The van der Waals surface area contributed by atoms with Crippen molar-refractivity contribution in [1.29, 1.82) is 0 Å². The maximum atomic E-state index is 11.1. The lowest BCUT2D eigenvalue weighted by atomic mass is 10.1. The molecular formula is C20H27IN4O2. The highest BCUT2D eigenvalue weighted by Gasteiger charge is 2.01. The second-order valence-corrected chi connectivity index (χ2v) is 5.83. The highest BCUT2D eigenvalue weighted by atomic mass is 127. The molecule has 2 aromatic rings. The van der Waals surface area contributed by atoms with Crippen molar-refractivity contribution < 1.29 is 9.53 Å². The normalized spacial score (nSPS) is 10.6. The number of aliphatic imine (C=N–C) groups is 1. The summed E-state index contributed by atoms with van der Waals surface area (Å²) in [5.41, 5.74) is 3.09. The van der Waals surface area contributed by atoms with Crippen LogP contribution in [0.1, 0.15) is 18.1 Å². The first-order valence-corrected chi connectivity index (χ1v) is 8.54. The Kier molecular flexibility index (Phi) is 10.2. The van der Waals surface area contributed by atoms with Crippen LogP contribution < -0.4 is 20.7 Å². The van der Waals surface area contributed by atoms with Gasteiger partial charge in [0.15, 0.2) is 5.96 Å². The SMILES string of the molecule is CN=C(NCCc1ccc(OC)cc1)NCc1cccc(NC(C)=O)c1.I. The molecule has 0 aliphatic carbocycles. The number of methoxy groups -OCH3 is 1. The summed E-state index contributed by atoms with van der Waals surface area (Å²) in [5.74, 6) is 1.52. The first-order chi connectivity index (χ1) is 12.6. The van der Waals surface area contributed by atoms with Gasteiger partial charge in [0.05, 0.1) is 7.11 Å². The molecule has 146 valence electrons. The fourth-order valence-corrected chi connectivity index (χ4v) is 2.49. The molecule has 1 amide bonds. The molecule has 0 atom stereocenters. The van der Waals surface area contributed by atoms with Crippen molar-refractivity contribution >= 4 is 41.5 Å². The van der Waals surface area contributed by atoms with E-state index in [2.05, 4.69) is 33.1 Å². The summed E-state index contributed by atoms with van der Waals surface area (Å²) < 4.78 is 5.16. The van der Waals surface area contributed by atoms with Crippen LogP contribution in [-0.4, -0.2) is 32.6 Å². The van der Waals surface area contributed by atoms with E-state index in [4.69, 9.17) is 4.74 Å². The average Bonchev–Trinajstić information content (AvgIpc) is 2.65. The first kappa shape index (κ1) is 22.8. The van der Waals surface area contributed by atoms with Gasteiger partial charge in [-0.05, 0) is 41.8 Å². The standard InChI is InChI=1S/C20H26N4O2.HI/c1-15(25)24-18-6-4-5-17(13-18)14-23-20(21-2)22-12-11-16-7-9-19(26-3)10-8-16;/h4-10,13H,11-12,14H2,1-3H3,(H,24,25)(H2,21,22,23);1H. The molecule has 0 saturated carbocycles. The minimum absolute atomic E-state index is 0. The summed E-state index contributed by atoms with van der Waals surface area (Å²) in [6.07, 6.45) is 0.892. The largest absolute Gasteiger partial charge is 0.497 e. The second-order valence-electron chi connectivity index (χ2n) is 5.83. The predicted molar refractivity (Wildman–Crippen MR) is 121 cm³/mol. The molecule has 0 fully saturated rings. The minimum Gasteiger partial charge on any atom is -0.497 e. The Hall–Kier alpha value is -2.29. The predicted octanol–water partition coefficient (Wildman–Crippen LogP) is 3.18. The summed E-state index contributed by atoms with van der Waals surface area (Å²) >= 11 is 0. The van der Waals surface area contributed by atoms with Crippen molar-refractivity contribution in [3.63, 3.8) is 0 Å². The number of guanidine groups is 1. The lowest BCUT2D eigenvalue weighted by Gasteiger charge is -2.13. The van der Waals surface area contributed by atoms with Crippen LogP contribution >= 0.6 is 24.0 Å². The van der Waals surface area contributed by atoms with Gasteiger partial charge in [0.2, 0.25) is 5.91 Å². The Morgan fingerprint density at radius 2 is 1.81 bits per heavy atom. The van der Waals surface area contributed by atoms with Crippen LogP contribution in [0.2, 0.25) is 0 Å². The number of hydrogen-bond donors (Lipinski definition) is 3. The van der Waals surface area contributed by atoms with E-state index in [0.29, 0.717) is 6.54 Å². The molecule has 2 rings (SSSR count). The molecule has 0 aliphatic rings. The van der Waals surface area contributed by atoms with E-state index in [1.165, 1.54) is 12.5 Å². The number of hydrogen-bond acceptors (Lipinski definition) is 3. The fourth-order valence-electron chi connectivity index (χ4n) is 2.49. The van der Waals surface area contributed by atoms with Crippen LogP contribution in [-0.2, 0) is 17.8 Å². The van der Waals surface area contributed by atoms with Gasteiger partial charge in [0, 0.05) is 32.7 Å². The summed E-state index contributed by atoms with van der Waals surface area (Å²) in [5, 5.41) is 9.36. The van der Waals surface area contributed by atoms with Crippen LogP contribution in [0, 0.1) is 0 Å². The van der Waals surface area contributed by atoms with Gasteiger partial charge in [-0.25, -0.2) is 0 Å². The Labute approximate surface area is 177 Å². The molecule has 0 bridgehead atoms. The number of carbonyl (C=O) groups is 1. The molecule has 0 saturated heterocycles. The van der Waals surface area contributed by atoms with E-state index in [0.717, 1.165) is 35.9 Å². The average molecular weight is 482 g/mol. The monoisotopic (exact) mass is 482 g/mol. The minimum atomic E-state index is -0.0777. The van der Waals surface area contributed by atoms with Crippen LogP contribution in [0.4, 0.5) is 5.69 Å². The zero-order valence-corrected chi connectivity index (χ0v) is 18.2. The van der Waals surface area contributed by atoms with E-state index in [1.807, 2.05) is 36.4 Å². The maximum Gasteiger partial charge on any atom is 0.221 e. The van der Waals surface area contributed by atoms with Gasteiger partial charge in [-0.2, -0.15) is 0 Å². The number of rotatable bonds is 7. The van der Waals surface area contributed by atoms with Gasteiger partial charge in [-0.3, -0.25) is 9.79 Å². The van der Waals surface area contributed by atoms with Crippen LogP contribution in [0.3, 0.4) is 0 Å². The van der Waals surface area contributed by atoms with E-state index < -0.39 is 0 Å². The molecule has 3 N–H and O–H groups in total. The van der Waals surface area contributed by atoms with Crippen LogP contribution in [0.15, 0.2) is 53.5 Å². The number of nitrogens with one attached hydrogen (secondary N) is 3. The van der Waals surface area contributed by atoms with Crippen molar-refractivity contribution in [3.8, 4) is 5.75 Å². The third-order valence-electron chi connectivity index (χ3n) is 3.80. The van der Waals surface area contributed by atoms with Gasteiger partial charge in [0.1, 0.15) is 5.75 Å². The van der Waals surface area contributed by atoms with Crippen LogP contribution in [0.25, 0.3) is 0 Å². The molecule has 0 aliphatic heterocycles. The first-order valence-electron chi connectivity index (χ1n) is 8.54. The van der Waals surface area contributed by atoms with E-state index in [9.17, 15) is 4.79 Å². The zero-order chi connectivity index (χ0) is 18.8. The summed E-state index contributed by atoms with van der Waals surface area (Å²) in [4.78, 5) is 15.4. The quantitative estimate of drug-likeness (QED) is 0.322. The van der Waals surface area contributed by atoms with Crippen molar-refractivity contribution in [1.82, 2.24) is 10.6 Å². The lowest BCUT2D eigenvalue weighted by molar-refractivity contribution is -0.114. The molecule has 6 nitrogen and oxygen atoms in total. The molecule has 0 heterocycles. The summed E-state index contributed by atoms with van der Waals surface area (Å²) in [6, 6.07) is 15.8. The van der Waals surface area contributed by atoms with E-state index >= 15 is 0 Å². The Bertz CT molecular complexity index is 748. The Morgan fingerprint density at radius 3 is 2.44 bits per heavy atom. The molecule has 0 radical (unpaired) electrons. The molecule has 0 spiro atoms. The number of carbonyl (C=O) groups excluding carboxylic acids is 1. The second kappa shape index (κ2) is 12.2. The van der Waals surface area contributed by atoms with E-state index in [-0.39, 0.29) is 29.9 Å². The van der Waals surface area contributed by atoms with Gasteiger partial charge in [0.25, 0.3) is 0 Å². The maximum absolute atomic E-state index is 11.1. The third-order valence-corrected chi connectivity index (χ3v) is 3.80. The van der Waals surface area contributed by atoms with Crippen molar-refractivity contribution in [2.24, 2.45) is 4.99 Å². The highest BCUT2D eigenvalue weighted by molar-refractivity contribution is 14.0. The summed E-state index contributed by atoms with van der Waals surface area (Å²) in [7, 11) is 3.41. The van der Waals surface area contributed by atoms with Gasteiger partial charge >= 0.3 is 0 Å².